The maximum absolute atomic E-state index is 13.2. The number of aliphatic hydroxyl groups is 1. The van der Waals surface area contributed by atoms with Gasteiger partial charge in [0.15, 0.2) is 32.9 Å². The van der Waals surface area contributed by atoms with Gasteiger partial charge in [0.2, 0.25) is 11.8 Å². The number of benzene rings is 3. The van der Waals surface area contributed by atoms with Crippen molar-refractivity contribution in [2.45, 2.75) is 134 Å². The van der Waals surface area contributed by atoms with E-state index in [1.807, 2.05) is 119 Å². The number of nitrogens with zero attached hydrogens (tertiary/aromatic N) is 12. The summed E-state index contributed by atoms with van der Waals surface area (Å²) in [4.78, 5) is 73.3. The molecule has 3 aliphatic heterocycles. The average molecular weight is 1420 g/mol. The fourth-order valence-electron chi connectivity index (χ4n) is 10.8. The first-order valence-electron chi connectivity index (χ1n) is 32.5. The number of aromatic amines is 3. The molecule has 3 aliphatic carbocycles. The molecule has 2 atom stereocenters. The van der Waals surface area contributed by atoms with Crippen LogP contribution < -0.4 is 41.3 Å². The molecule has 530 valence electrons. The van der Waals surface area contributed by atoms with Crippen LogP contribution in [-0.4, -0.2) is 140 Å². The first-order valence-corrected chi connectivity index (χ1v) is 35.0. The lowest BCUT2D eigenvalue weighted by Crippen LogP contribution is -2.63. The smallest absolute Gasteiger partial charge is 0.260 e. The van der Waals surface area contributed by atoms with Crippen molar-refractivity contribution < 1.29 is 47.0 Å². The molecule has 6 aliphatic rings. The highest BCUT2D eigenvalue weighted by atomic mass is 32.2. The summed E-state index contributed by atoms with van der Waals surface area (Å²) in [5.74, 6) is -2.31. The molecule has 6 fully saturated rings. The summed E-state index contributed by atoms with van der Waals surface area (Å²) in [6.07, 6.45) is 3.75. The van der Waals surface area contributed by atoms with Crippen LogP contribution in [0.2, 0.25) is 0 Å². The first kappa shape index (κ1) is 68.2. The number of halogens is 4. The van der Waals surface area contributed by atoms with E-state index in [0.717, 1.165) is 106 Å². The monoisotopic (exact) mass is 1420 g/mol. The highest BCUT2D eigenvalue weighted by Crippen LogP contribution is 2.51. The summed E-state index contributed by atoms with van der Waals surface area (Å²) in [6.45, 7) is 16.5. The maximum Gasteiger partial charge on any atom is 0.260 e. The number of rotatable bonds is 22. The third-order valence-corrected chi connectivity index (χ3v) is 19.7. The Morgan fingerprint density at radius 1 is 0.535 bits per heavy atom. The minimum Gasteiger partial charge on any atom is -0.386 e. The molecular formula is C68H88F4N20O4S3. The largest absolute Gasteiger partial charge is 0.386 e. The minimum absolute atomic E-state index is 0. The molecule has 0 spiro atoms. The van der Waals surface area contributed by atoms with Crippen molar-refractivity contribution in [3.8, 4) is 0 Å². The second-order valence-electron chi connectivity index (χ2n) is 26.7. The van der Waals surface area contributed by atoms with E-state index >= 15 is 0 Å². The van der Waals surface area contributed by atoms with Crippen molar-refractivity contribution in [1.82, 2.24) is 60.5 Å². The molecule has 31 heteroatoms. The molecule has 3 saturated carbocycles. The fourth-order valence-corrected chi connectivity index (χ4v) is 13.1. The Balaban J connectivity index is 0.000000242. The van der Waals surface area contributed by atoms with Gasteiger partial charge in [0.1, 0.15) is 52.2 Å². The van der Waals surface area contributed by atoms with E-state index in [9.17, 15) is 37.1 Å². The van der Waals surface area contributed by atoms with Crippen molar-refractivity contribution in [2.75, 3.05) is 80.6 Å². The number of alkyl halides is 4. The van der Waals surface area contributed by atoms with Crippen LogP contribution in [0.15, 0.2) is 139 Å². The van der Waals surface area contributed by atoms with Gasteiger partial charge in [-0.15, -0.1) is 0 Å². The molecule has 99 heavy (non-hydrogen) atoms. The molecule has 0 bridgehead atoms. The van der Waals surface area contributed by atoms with Gasteiger partial charge in [0.25, 0.3) is 11.8 Å². The van der Waals surface area contributed by atoms with E-state index < -0.39 is 46.4 Å². The molecule has 9 aromatic rings. The van der Waals surface area contributed by atoms with Crippen LogP contribution in [0.1, 0.15) is 91.9 Å². The van der Waals surface area contributed by atoms with Crippen molar-refractivity contribution in [2.24, 2.45) is 23.2 Å². The van der Waals surface area contributed by atoms with E-state index in [2.05, 4.69) is 86.9 Å². The summed E-state index contributed by atoms with van der Waals surface area (Å²) < 4.78 is 52.4. The number of carbonyl (C=O) groups excluding carboxylic acids is 3. The standard InChI is InChI=1S/C25H26F2N6O2S.C22H27N7OS.C21H21F2N7OS.7H2/c1-14-8-21(32-31-14)28-20-10-22(33-12-24(35,13-33)16-4-5-16)30-23(29-20)36-17-6-2-15(3-7-17)9-19(34)18-11-25(18,26)27;1-14-12-18(28-27-14)24-17-13-19(29-10-5-11-29)26-21(25-17)31-16-8-6-15(7-9-16)23-20(30)22(2,3)4;1-12-9-17(29-28-12)25-16-10-18(30-7-2-8-30)27-20(26-16)32-14-5-3-13(4-6-14)24-19(31)15-11-21(15,22)23;;;;;;;/h2-3,6-8,10,16,18,35H,4-5,9,11-13H2,1H3,(H2,28,29,30,31,32);6-9,12-13H,5,10-11H2,1-4H3,(H,23,30)(H2,24,25,26,27,28);3-6,9-10,15H,2,7-8,11H2,1H3,(H,24,31)(H2,25,26,27,28,29);7*1H. The van der Waals surface area contributed by atoms with Gasteiger partial charge in [0.05, 0.1) is 19.0 Å². The third-order valence-electron chi connectivity index (χ3n) is 17.1. The second kappa shape index (κ2) is 28.1. The Bertz CT molecular complexity index is 4440. The first-order chi connectivity index (χ1) is 47.3. The Labute approximate surface area is 591 Å². The van der Waals surface area contributed by atoms with Gasteiger partial charge in [0, 0.05) is 140 Å². The molecular weight excluding hydrogens is 1330 g/mol. The highest BCUT2D eigenvalue weighted by Gasteiger charge is 2.62. The zero-order valence-corrected chi connectivity index (χ0v) is 57.5. The predicted octanol–water partition coefficient (Wildman–Crippen LogP) is 14.7. The van der Waals surface area contributed by atoms with E-state index in [4.69, 9.17) is 9.97 Å². The summed E-state index contributed by atoms with van der Waals surface area (Å²) in [7, 11) is 0. The van der Waals surface area contributed by atoms with E-state index in [1.54, 1.807) is 36.4 Å². The number of nitrogens with one attached hydrogen (secondary N) is 8. The number of aryl methyl sites for hydroxylation is 3. The minimum atomic E-state index is -2.88. The van der Waals surface area contributed by atoms with Crippen LogP contribution in [0.4, 0.5) is 81.3 Å². The number of hydrogen-bond acceptors (Lipinski definition) is 22. The van der Waals surface area contributed by atoms with Crippen LogP contribution in [0.5, 0.6) is 0 Å². The van der Waals surface area contributed by atoms with Crippen LogP contribution in [0.3, 0.4) is 0 Å². The number of anilines is 11. The van der Waals surface area contributed by atoms with Gasteiger partial charge in [-0.3, -0.25) is 29.7 Å². The lowest BCUT2D eigenvalue weighted by molar-refractivity contribution is -0.123. The van der Waals surface area contributed by atoms with Crippen LogP contribution in [0, 0.1) is 43.9 Å². The van der Waals surface area contributed by atoms with Crippen LogP contribution in [0.25, 0.3) is 0 Å². The summed E-state index contributed by atoms with van der Waals surface area (Å²) >= 11 is 4.23. The van der Waals surface area contributed by atoms with Crippen molar-refractivity contribution in [3.05, 3.63) is 132 Å². The van der Waals surface area contributed by atoms with Crippen molar-refractivity contribution in [3.63, 3.8) is 0 Å². The van der Waals surface area contributed by atoms with Gasteiger partial charge in [-0.05, 0) is 154 Å². The lowest BCUT2D eigenvalue weighted by Gasteiger charge is -2.47. The van der Waals surface area contributed by atoms with Gasteiger partial charge < -0.3 is 46.4 Å². The third kappa shape index (κ3) is 17.6. The van der Waals surface area contributed by atoms with Gasteiger partial charge in [-0.2, -0.15) is 15.3 Å². The molecule has 9 N–H and O–H groups in total. The predicted molar refractivity (Wildman–Crippen MR) is 387 cm³/mol. The molecule has 3 aromatic carbocycles. The Hall–Kier alpha value is -9.33. The number of hydrogen-bond donors (Lipinski definition) is 9. The summed E-state index contributed by atoms with van der Waals surface area (Å²) in [5, 5.41) is 49.0. The maximum atomic E-state index is 13.2. The zero-order chi connectivity index (χ0) is 69.4. The van der Waals surface area contributed by atoms with Crippen LogP contribution >= 0.6 is 35.3 Å². The molecule has 3 saturated heterocycles. The topological polar surface area (TPSA) is 305 Å². The van der Waals surface area contributed by atoms with E-state index in [-0.39, 0.29) is 35.2 Å². The zero-order valence-electron chi connectivity index (χ0n) is 55.1. The quantitative estimate of drug-likeness (QED) is 0.0225. The highest BCUT2D eigenvalue weighted by molar-refractivity contribution is 7.99. The normalized spacial score (nSPS) is 18.2. The number of amides is 2. The Morgan fingerprint density at radius 2 is 0.909 bits per heavy atom. The number of aromatic nitrogens is 12. The number of Topliss-reactive ketones (excluding diaryl/α,β-unsaturated/α-hetero) is 1. The average Bonchev–Trinajstić information content (AvgIpc) is 1.55. The Kier molecular flexibility index (Phi) is 19.4. The fraction of sp³-hybridized carbons (Fsp3) is 0.382. The molecule has 0 radical (unpaired) electrons. The second-order valence-corrected chi connectivity index (χ2v) is 29.8. The SMILES string of the molecule is Cc1cc(Nc2cc(N3CC(O)(C4CC4)C3)nc(Sc3ccc(CC(=O)C4CC4(F)F)cc3)n2)n[nH]1.Cc1cc(Nc2cc(N3CCC3)nc(Sc3ccc(NC(=O)C(C)(C)C)cc3)n2)n[nH]1.Cc1cc(Nc2cc(N3CCC3)nc(Sc3ccc(NC(=O)C4CC4(F)F)cc3)n2)n[nH]1.[HH].[HH].[HH].[HH].[HH].[HH].[HH]. The van der Waals surface area contributed by atoms with Gasteiger partial charge in [-0.1, -0.05) is 32.9 Å². The molecule has 9 heterocycles. The molecule has 2 unspecified atom stereocenters. The lowest BCUT2D eigenvalue weighted by atomic mass is 9.89. The molecule has 24 nitrogen and oxygen atoms in total. The number of ketones is 1. The number of β-amino-alcohol motifs (C(OH)–C–C–N with tert-alkyl or cyclic N) is 1. The molecule has 2 amide bonds. The van der Waals surface area contributed by atoms with E-state index in [1.165, 1.54) is 41.7 Å². The molecule has 6 aromatic heterocycles. The van der Waals surface area contributed by atoms with Crippen molar-refractivity contribution >= 4 is 117 Å². The number of H-pyrrole nitrogens is 3. The van der Waals surface area contributed by atoms with Gasteiger partial charge in [-0.25, -0.2) is 47.5 Å². The van der Waals surface area contributed by atoms with Crippen LogP contribution in [-0.2, 0) is 20.8 Å². The van der Waals surface area contributed by atoms with Gasteiger partial charge >= 0.3 is 0 Å². The van der Waals surface area contributed by atoms with Crippen molar-refractivity contribution in [1.29, 1.82) is 0 Å². The number of carbonyl (C=O) groups is 3. The van der Waals surface area contributed by atoms with E-state index in [0.29, 0.717) is 74.8 Å². The summed E-state index contributed by atoms with van der Waals surface area (Å²) in [5.41, 5.74) is 3.73. The molecule has 15 rings (SSSR count). The summed E-state index contributed by atoms with van der Waals surface area (Å²) in [6, 6.07) is 33.4. The Morgan fingerprint density at radius 3 is 1.24 bits per heavy atom.